The third kappa shape index (κ3) is 3.19. The molecular weight excluding hydrogens is 344 g/mol. The van der Waals surface area contributed by atoms with Crippen molar-refractivity contribution in [2.24, 2.45) is 11.8 Å². The highest BCUT2D eigenvalue weighted by Crippen LogP contribution is 2.33. The smallest absolute Gasteiger partial charge is 0.167 e. The molecule has 0 aliphatic heterocycles. The zero-order valence-corrected chi connectivity index (χ0v) is 13.1. The number of ketones is 1. The molecule has 0 saturated heterocycles. The van der Waals surface area contributed by atoms with Gasteiger partial charge in [-0.1, -0.05) is 51.6 Å². The van der Waals surface area contributed by atoms with E-state index in [1.165, 1.54) is 12.8 Å². The van der Waals surface area contributed by atoms with Gasteiger partial charge in [-0.25, -0.2) is 0 Å². The lowest BCUT2D eigenvalue weighted by Crippen LogP contribution is -2.22. The van der Waals surface area contributed by atoms with Crippen LogP contribution in [0, 0.1) is 11.8 Å². The molecule has 0 N–H and O–H groups in total. The molecule has 17 heavy (non-hydrogen) atoms. The van der Waals surface area contributed by atoms with Crippen LogP contribution in [0.25, 0.3) is 0 Å². The Morgan fingerprint density at radius 1 is 1.29 bits per heavy atom. The normalized spacial score (nSPS) is 24.6. The van der Waals surface area contributed by atoms with Gasteiger partial charge in [0.25, 0.3) is 0 Å². The Labute approximate surface area is 119 Å². The predicted molar refractivity (Wildman–Crippen MR) is 77.3 cm³/mol. The SMILES string of the molecule is CC1CCCC(C(=O)c2ccc(Br)cc2Br)C1. The summed E-state index contributed by atoms with van der Waals surface area (Å²) in [7, 11) is 0. The van der Waals surface area contributed by atoms with Gasteiger partial charge in [-0.3, -0.25) is 4.79 Å². The van der Waals surface area contributed by atoms with Crippen LogP contribution >= 0.6 is 31.9 Å². The van der Waals surface area contributed by atoms with Crippen LogP contribution in [-0.2, 0) is 0 Å². The maximum Gasteiger partial charge on any atom is 0.167 e. The van der Waals surface area contributed by atoms with Crippen LogP contribution in [0.2, 0.25) is 0 Å². The molecule has 1 aromatic carbocycles. The lowest BCUT2D eigenvalue weighted by Gasteiger charge is -2.25. The predicted octanol–water partition coefficient (Wildman–Crippen LogP) is 5.22. The quantitative estimate of drug-likeness (QED) is 0.661. The number of hydrogen-bond donors (Lipinski definition) is 0. The highest BCUT2D eigenvalue weighted by molar-refractivity contribution is 9.11. The second-order valence-electron chi connectivity index (χ2n) is 4.96. The van der Waals surface area contributed by atoms with E-state index in [1.54, 1.807) is 0 Å². The summed E-state index contributed by atoms with van der Waals surface area (Å²) in [4.78, 5) is 12.4. The second-order valence-corrected chi connectivity index (χ2v) is 6.73. The third-order valence-corrected chi connectivity index (χ3v) is 4.65. The van der Waals surface area contributed by atoms with Gasteiger partial charge in [0, 0.05) is 20.4 Å². The Hall–Kier alpha value is -0.150. The van der Waals surface area contributed by atoms with Gasteiger partial charge in [0.1, 0.15) is 0 Å². The van der Waals surface area contributed by atoms with E-state index >= 15 is 0 Å². The van der Waals surface area contributed by atoms with Crippen molar-refractivity contribution in [2.75, 3.05) is 0 Å². The molecule has 0 amide bonds. The van der Waals surface area contributed by atoms with Crippen LogP contribution in [0.3, 0.4) is 0 Å². The first-order valence-corrected chi connectivity index (χ1v) is 7.66. The highest BCUT2D eigenvalue weighted by atomic mass is 79.9. The first-order chi connectivity index (χ1) is 8.08. The van der Waals surface area contributed by atoms with Gasteiger partial charge < -0.3 is 0 Å². The summed E-state index contributed by atoms with van der Waals surface area (Å²) in [6.45, 7) is 2.25. The molecule has 3 heteroatoms. The first kappa shape index (κ1) is 13.3. The van der Waals surface area contributed by atoms with Crippen molar-refractivity contribution >= 4 is 37.6 Å². The summed E-state index contributed by atoms with van der Waals surface area (Å²) in [6.07, 6.45) is 4.55. The summed E-state index contributed by atoms with van der Waals surface area (Å²) in [5, 5.41) is 0. The van der Waals surface area contributed by atoms with Crippen molar-refractivity contribution in [3.63, 3.8) is 0 Å². The molecule has 2 rings (SSSR count). The number of rotatable bonds is 2. The number of hydrogen-bond acceptors (Lipinski definition) is 1. The molecule has 1 aliphatic carbocycles. The Balaban J connectivity index is 2.18. The number of Topliss-reactive ketones (excluding diaryl/α,β-unsaturated/α-hetero) is 1. The maximum atomic E-state index is 12.4. The van der Waals surface area contributed by atoms with Crippen LogP contribution in [0.1, 0.15) is 43.0 Å². The van der Waals surface area contributed by atoms with Gasteiger partial charge in [-0.15, -0.1) is 0 Å². The standard InChI is InChI=1S/C14H16Br2O/c1-9-3-2-4-10(7-9)14(17)12-6-5-11(15)8-13(12)16/h5-6,8-10H,2-4,7H2,1H3. The lowest BCUT2D eigenvalue weighted by atomic mass is 9.79. The fourth-order valence-electron chi connectivity index (χ4n) is 2.58. The van der Waals surface area contributed by atoms with E-state index in [4.69, 9.17) is 0 Å². The van der Waals surface area contributed by atoms with E-state index in [9.17, 15) is 4.79 Å². The third-order valence-electron chi connectivity index (χ3n) is 3.50. The summed E-state index contributed by atoms with van der Waals surface area (Å²) in [5.74, 6) is 1.21. The largest absolute Gasteiger partial charge is 0.294 e. The van der Waals surface area contributed by atoms with Gasteiger partial charge in [0.2, 0.25) is 0 Å². The van der Waals surface area contributed by atoms with Gasteiger partial charge in [0.05, 0.1) is 0 Å². The minimum Gasteiger partial charge on any atom is -0.294 e. The zero-order valence-electron chi connectivity index (χ0n) is 9.88. The van der Waals surface area contributed by atoms with Gasteiger partial charge in [0.15, 0.2) is 5.78 Å². The monoisotopic (exact) mass is 358 g/mol. The fraction of sp³-hybridized carbons (Fsp3) is 0.500. The molecule has 1 fully saturated rings. The Kier molecular flexibility index (Phi) is 4.42. The van der Waals surface area contributed by atoms with Crippen molar-refractivity contribution in [3.05, 3.63) is 32.7 Å². The fourth-order valence-corrected chi connectivity index (χ4v) is 3.82. The molecule has 2 atom stereocenters. The van der Waals surface area contributed by atoms with Crippen LogP contribution in [0.4, 0.5) is 0 Å². The van der Waals surface area contributed by atoms with Crippen LogP contribution in [0.15, 0.2) is 27.1 Å². The molecule has 0 radical (unpaired) electrons. The van der Waals surface area contributed by atoms with Gasteiger partial charge >= 0.3 is 0 Å². The van der Waals surface area contributed by atoms with Gasteiger partial charge in [-0.2, -0.15) is 0 Å². The number of halogens is 2. The minimum atomic E-state index is 0.219. The molecule has 0 aromatic heterocycles. The highest BCUT2D eigenvalue weighted by Gasteiger charge is 2.26. The van der Waals surface area contributed by atoms with E-state index in [0.717, 1.165) is 27.4 Å². The van der Waals surface area contributed by atoms with Crippen molar-refractivity contribution in [1.29, 1.82) is 0 Å². The Morgan fingerprint density at radius 3 is 2.71 bits per heavy atom. The van der Waals surface area contributed by atoms with Crippen molar-refractivity contribution in [1.82, 2.24) is 0 Å². The zero-order chi connectivity index (χ0) is 12.4. The molecule has 92 valence electrons. The second kappa shape index (κ2) is 5.66. The molecule has 0 bridgehead atoms. The number of carbonyl (C=O) groups excluding carboxylic acids is 1. The number of carbonyl (C=O) groups is 1. The molecular formula is C14H16Br2O. The van der Waals surface area contributed by atoms with Crippen molar-refractivity contribution in [2.45, 2.75) is 32.6 Å². The molecule has 1 aliphatic rings. The van der Waals surface area contributed by atoms with Gasteiger partial charge in [-0.05, 0) is 37.0 Å². The average molecular weight is 360 g/mol. The van der Waals surface area contributed by atoms with Crippen molar-refractivity contribution in [3.8, 4) is 0 Å². The molecule has 0 heterocycles. The molecule has 0 spiro atoms. The van der Waals surface area contributed by atoms with E-state index in [1.807, 2.05) is 18.2 Å². The summed E-state index contributed by atoms with van der Waals surface area (Å²) in [6, 6.07) is 5.79. The molecule has 2 unspecified atom stereocenters. The van der Waals surface area contributed by atoms with E-state index < -0.39 is 0 Å². The van der Waals surface area contributed by atoms with Crippen molar-refractivity contribution < 1.29 is 4.79 Å². The van der Waals surface area contributed by atoms with Crippen LogP contribution < -0.4 is 0 Å². The summed E-state index contributed by atoms with van der Waals surface area (Å²) < 4.78 is 1.90. The summed E-state index contributed by atoms with van der Waals surface area (Å²) >= 11 is 6.89. The maximum absolute atomic E-state index is 12.4. The van der Waals surface area contributed by atoms with Crippen LogP contribution in [-0.4, -0.2) is 5.78 Å². The van der Waals surface area contributed by atoms with E-state index in [-0.39, 0.29) is 5.92 Å². The number of benzene rings is 1. The first-order valence-electron chi connectivity index (χ1n) is 6.07. The Morgan fingerprint density at radius 2 is 2.06 bits per heavy atom. The molecule has 1 aromatic rings. The summed E-state index contributed by atoms with van der Waals surface area (Å²) in [5.41, 5.74) is 0.826. The van der Waals surface area contributed by atoms with Crippen LogP contribution in [0.5, 0.6) is 0 Å². The molecule has 1 saturated carbocycles. The minimum absolute atomic E-state index is 0.219. The Bertz CT molecular complexity index is 428. The van der Waals surface area contributed by atoms with E-state index in [2.05, 4.69) is 38.8 Å². The topological polar surface area (TPSA) is 17.1 Å². The average Bonchev–Trinajstić information content (AvgIpc) is 2.28. The van der Waals surface area contributed by atoms with E-state index in [0.29, 0.717) is 11.7 Å². The lowest BCUT2D eigenvalue weighted by molar-refractivity contribution is 0.0867. The molecule has 1 nitrogen and oxygen atoms in total.